The summed E-state index contributed by atoms with van der Waals surface area (Å²) >= 11 is 7.37. The minimum Gasteiger partial charge on any atom is -0.345 e. The molecule has 0 aliphatic rings. The Morgan fingerprint density at radius 3 is 2.87 bits per heavy atom. The van der Waals surface area contributed by atoms with Crippen molar-refractivity contribution in [3.05, 3.63) is 75.0 Å². The van der Waals surface area contributed by atoms with E-state index in [9.17, 15) is 9.18 Å². The number of carbonyl (C=O) groups is 1. The van der Waals surface area contributed by atoms with Gasteiger partial charge in [-0.3, -0.25) is 9.78 Å². The van der Waals surface area contributed by atoms with Gasteiger partial charge in [-0.25, -0.2) is 14.4 Å². The van der Waals surface area contributed by atoms with Crippen molar-refractivity contribution in [1.29, 1.82) is 0 Å². The van der Waals surface area contributed by atoms with Crippen molar-refractivity contribution in [3.8, 4) is 0 Å². The Labute approximate surface area is 187 Å². The van der Waals surface area contributed by atoms with Crippen LogP contribution < -0.4 is 10.6 Å². The normalized spacial score (nSPS) is 11.2. The van der Waals surface area contributed by atoms with Gasteiger partial charge in [-0.05, 0) is 18.2 Å². The maximum atomic E-state index is 13.0. The second-order valence-electron chi connectivity index (χ2n) is 6.84. The van der Waals surface area contributed by atoms with E-state index < -0.39 is 5.82 Å². The standard InChI is InChI=1S/C21H20ClFN6OS/c22-14-9-13(23)10-25-17(14)11-26-21(30)18-12-31-20(29-18)6-8-24-7-5-19-27-15-3-1-2-4-16(15)28-19/h1-4,9-10,12,24H,5-8,11H2,(H,26,30)(H,27,28). The van der Waals surface area contributed by atoms with Gasteiger partial charge in [0.05, 0.1) is 39.5 Å². The van der Waals surface area contributed by atoms with Crippen LogP contribution in [0.15, 0.2) is 41.9 Å². The lowest BCUT2D eigenvalue weighted by atomic mass is 10.3. The molecule has 1 amide bonds. The first-order valence-corrected chi connectivity index (χ1v) is 11.0. The van der Waals surface area contributed by atoms with Crippen LogP contribution in [-0.2, 0) is 19.4 Å². The summed E-state index contributed by atoms with van der Waals surface area (Å²) in [5, 5.41) is 8.85. The predicted molar refractivity (Wildman–Crippen MR) is 119 cm³/mol. The lowest BCUT2D eigenvalue weighted by molar-refractivity contribution is 0.0946. The zero-order valence-electron chi connectivity index (χ0n) is 16.5. The quantitative estimate of drug-likeness (QED) is 0.333. The van der Waals surface area contributed by atoms with Gasteiger partial charge in [0.2, 0.25) is 0 Å². The Hall–Kier alpha value is -2.88. The van der Waals surface area contributed by atoms with E-state index in [0.717, 1.165) is 60.1 Å². The maximum absolute atomic E-state index is 13.0. The monoisotopic (exact) mass is 458 g/mol. The lowest BCUT2D eigenvalue weighted by Gasteiger charge is -2.05. The van der Waals surface area contributed by atoms with Crippen LogP contribution in [0.25, 0.3) is 11.0 Å². The van der Waals surface area contributed by atoms with Crippen molar-refractivity contribution in [3.63, 3.8) is 0 Å². The van der Waals surface area contributed by atoms with Crippen LogP contribution in [0.3, 0.4) is 0 Å². The second kappa shape index (κ2) is 9.95. The number of halogens is 2. The molecule has 7 nitrogen and oxygen atoms in total. The highest BCUT2D eigenvalue weighted by Crippen LogP contribution is 2.15. The van der Waals surface area contributed by atoms with Crippen molar-refractivity contribution < 1.29 is 9.18 Å². The summed E-state index contributed by atoms with van der Waals surface area (Å²) in [5.74, 6) is 0.121. The molecule has 0 radical (unpaired) electrons. The first-order valence-electron chi connectivity index (χ1n) is 9.75. The van der Waals surface area contributed by atoms with Crippen LogP contribution >= 0.6 is 22.9 Å². The van der Waals surface area contributed by atoms with Gasteiger partial charge in [0, 0.05) is 31.3 Å². The largest absolute Gasteiger partial charge is 0.345 e. The highest BCUT2D eigenvalue weighted by Gasteiger charge is 2.12. The first-order chi connectivity index (χ1) is 15.1. The fourth-order valence-electron chi connectivity index (χ4n) is 3.01. The van der Waals surface area contributed by atoms with Gasteiger partial charge in [-0.1, -0.05) is 23.7 Å². The Kier molecular flexibility index (Phi) is 6.86. The molecule has 0 unspecified atom stereocenters. The molecule has 10 heteroatoms. The van der Waals surface area contributed by atoms with Crippen LogP contribution in [0.4, 0.5) is 4.39 Å². The number of aromatic nitrogens is 4. The number of carbonyl (C=O) groups excluding carboxylic acids is 1. The zero-order valence-corrected chi connectivity index (χ0v) is 18.1. The number of H-pyrrole nitrogens is 1. The van der Waals surface area contributed by atoms with Crippen molar-refractivity contribution >= 4 is 39.9 Å². The van der Waals surface area contributed by atoms with Gasteiger partial charge in [0.15, 0.2) is 0 Å². The van der Waals surface area contributed by atoms with E-state index >= 15 is 0 Å². The third kappa shape index (κ3) is 5.63. The molecule has 4 aromatic rings. The fourth-order valence-corrected chi connectivity index (χ4v) is 4.01. The fraction of sp³-hybridized carbons (Fsp3) is 0.238. The molecule has 0 aliphatic heterocycles. The minimum atomic E-state index is -0.518. The molecule has 4 rings (SSSR count). The Bertz CT molecular complexity index is 1160. The van der Waals surface area contributed by atoms with E-state index in [1.807, 2.05) is 24.3 Å². The number of imidazole rings is 1. The number of nitrogens with zero attached hydrogens (tertiary/aromatic N) is 3. The number of thiazole rings is 1. The van der Waals surface area contributed by atoms with E-state index in [2.05, 4.69) is 30.6 Å². The number of amides is 1. The molecule has 0 fully saturated rings. The van der Waals surface area contributed by atoms with Crippen LogP contribution in [0.5, 0.6) is 0 Å². The number of para-hydroxylation sites is 2. The number of fused-ring (bicyclic) bond motifs is 1. The van der Waals surface area contributed by atoms with E-state index in [1.165, 1.54) is 11.3 Å². The van der Waals surface area contributed by atoms with Crippen LogP contribution in [0.2, 0.25) is 5.02 Å². The maximum Gasteiger partial charge on any atom is 0.271 e. The molecule has 0 aliphatic carbocycles. The van der Waals surface area contributed by atoms with Crippen LogP contribution in [-0.4, -0.2) is 38.9 Å². The average Bonchev–Trinajstić information content (AvgIpc) is 3.39. The zero-order chi connectivity index (χ0) is 21.6. The molecule has 3 heterocycles. The molecule has 0 atom stereocenters. The van der Waals surface area contributed by atoms with Gasteiger partial charge in [0.25, 0.3) is 5.91 Å². The number of hydrogen-bond donors (Lipinski definition) is 3. The number of aromatic amines is 1. The molecular formula is C21H20ClFN6OS. The van der Waals surface area contributed by atoms with Crippen molar-refractivity contribution in [1.82, 2.24) is 30.6 Å². The third-order valence-electron chi connectivity index (χ3n) is 4.58. The van der Waals surface area contributed by atoms with Gasteiger partial charge >= 0.3 is 0 Å². The summed E-state index contributed by atoms with van der Waals surface area (Å²) in [6.45, 7) is 1.65. The molecule has 0 saturated heterocycles. The topological polar surface area (TPSA) is 95.6 Å². The highest BCUT2D eigenvalue weighted by molar-refractivity contribution is 7.09. The minimum absolute atomic E-state index is 0.105. The predicted octanol–water partition coefficient (Wildman–Crippen LogP) is 3.51. The summed E-state index contributed by atoms with van der Waals surface area (Å²) in [7, 11) is 0. The van der Waals surface area contributed by atoms with Gasteiger partial charge in [-0.2, -0.15) is 0 Å². The number of hydrogen-bond acceptors (Lipinski definition) is 6. The van der Waals surface area contributed by atoms with Crippen LogP contribution in [0.1, 0.15) is 27.0 Å². The van der Waals surface area contributed by atoms with Crippen molar-refractivity contribution in [2.24, 2.45) is 0 Å². The van der Waals surface area contributed by atoms with Crippen LogP contribution in [0, 0.1) is 5.82 Å². The number of benzene rings is 1. The SMILES string of the molecule is O=C(NCc1ncc(F)cc1Cl)c1csc(CCNCCc2nc3ccccc3[nH]2)n1. The summed E-state index contributed by atoms with van der Waals surface area (Å²) in [6, 6.07) is 9.13. The number of nitrogens with one attached hydrogen (secondary N) is 3. The summed E-state index contributed by atoms with van der Waals surface area (Å²) in [6.07, 6.45) is 2.60. The van der Waals surface area contributed by atoms with Gasteiger partial charge in [-0.15, -0.1) is 11.3 Å². The summed E-state index contributed by atoms with van der Waals surface area (Å²) in [5.41, 5.74) is 2.77. The molecule has 31 heavy (non-hydrogen) atoms. The molecule has 0 spiro atoms. The molecular weight excluding hydrogens is 439 g/mol. The van der Waals surface area contributed by atoms with Crippen molar-refractivity contribution in [2.75, 3.05) is 13.1 Å². The van der Waals surface area contributed by atoms with Crippen molar-refractivity contribution in [2.45, 2.75) is 19.4 Å². The van der Waals surface area contributed by atoms with Gasteiger partial charge in [0.1, 0.15) is 17.3 Å². The van der Waals surface area contributed by atoms with E-state index in [-0.39, 0.29) is 17.5 Å². The molecule has 0 saturated carbocycles. The Morgan fingerprint density at radius 1 is 1.19 bits per heavy atom. The number of rotatable bonds is 9. The Morgan fingerprint density at radius 2 is 2.03 bits per heavy atom. The van der Waals surface area contributed by atoms with Gasteiger partial charge < -0.3 is 15.6 Å². The lowest BCUT2D eigenvalue weighted by Crippen LogP contribution is -2.24. The second-order valence-corrected chi connectivity index (χ2v) is 8.19. The van der Waals surface area contributed by atoms with E-state index in [0.29, 0.717) is 11.4 Å². The highest BCUT2D eigenvalue weighted by atomic mass is 35.5. The van der Waals surface area contributed by atoms with E-state index in [4.69, 9.17) is 11.6 Å². The first kappa shape index (κ1) is 21.4. The summed E-state index contributed by atoms with van der Waals surface area (Å²) in [4.78, 5) is 28.4. The van der Waals surface area contributed by atoms with E-state index in [1.54, 1.807) is 5.38 Å². The Balaban J connectivity index is 1.19. The molecule has 3 N–H and O–H groups in total. The average molecular weight is 459 g/mol. The number of pyridine rings is 1. The molecule has 1 aromatic carbocycles. The molecule has 3 aromatic heterocycles. The molecule has 0 bridgehead atoms. The molecule has 160 valence electrons. The summed E-state index contributed by atoms with van der Waals surface area (Å²) < 4.78 is 13.0. The smallest absolute Gasteiger partial charge is 0.271 e. The third-order valence-corrected chi connectivity index (χ3v) is 5.81.